The van der Waals surface area contributed by atoms with E-state index in [1.54, 1.807) is 31.2 Å². The zero-order valence-electron chi connectivity index (χ0n) is 17.9. The number of hydrogen-bond donors (Lipinski definition) is 0. The number of ether oxygens (including phenoxy) is 2. The summed E-state index contributed by atoms with van der Waals surface area (Å²) in [7, 11) is 0. The largest absolute Gasteiger partial charge is 0.458 e. The first-order valence-corrected chi connectivity index (χ1v) is 11.7. The Morgan fingerprint density at radius 2 is 2.00 bits per heavy atom. The van der Waals surface area contributed by atoms with Gasteiger partial charge in [-0.05, 0) is 42.1 Å². The van der Waals surface area contributed by atoms with Crippen molar-refractivity contribution in [2.45, 2.75) is 19.9 Å². The Morgan fingerprint density at radius 1 is 1.24 bits per heavy atom. The second-order valence-corrected chi connectivity index (χ2v) is 9.14. The van der Waals surface area contributed by atoms with Gasteiger partial charge in [0.2, 0.25) is 0 Å². The fraction of sp³-hybridized carbons (Fsp3) is 0.167. The van der Waals surface area contributed by atoms with Crippen molar-refractivity contribution >= 4 is 40.7 Å². The molecule has 33 heavy (non-hydrogen) atoms. The summed E-state index contributed by atoms with van der Waals surface area (Å²) in [5.41, 5.74) is 1.16. The molecule has 1 atom stereocenters. The lowest BCUT2D eigenvalue weighted by molar-refractivity contribution is -0.138. The third kappa shape index (κ3) is 4.64. The second-order valence-electron chi connectivity index (χ2n) is 7.15. The van der Waals surface area contributed by atoms with Gasteiger partial charge in [0.05, 0.1) is 21.8 Å². The van der Waals surface area contributed by atoms with E-state index in [9.17, 15) is 14.4 Å². The van der Waals surface area contributed by atoms with Gasteiger partial charge >= 0.3 is 11.9 Å². The van der Waals surface area contributed by atoms with Crippen molar-refractivity contribution in [3.05, 3.63) is 95.8 Å². The molecule has 1 unspecified atom stereocenters. The molecule has 1 aliphatic heterocycles. The fourth-order valence-electron chi connectivity index (χ4n) is 3.50. The summed E-state index contributed by atoms with van der Waals surface area (Å²) in [5.74, 6) is -0.640. The number of nitrogens with zero attached hydrogens (tertiary/aromatic N) is 2. The number of aromatic nitrogens is 1. The van der Waals surface area contributed by atoms with E-state index >= 15 is 0 Å². The number of benzene rings is 1. The number of carbonyl (C=O) groups excluding carboxylic acids is 2. The summed E-state index contributed by atoms with van der Waals surface area (Å²) < 4.78 is 12.5. The number of thiophene rings is 1. The van der Waals surface area contributed by atoms with Crippen LogP contribution in [0.1, 0.15) is 30.3 Å². The molecule has 4 rings (SSSR count). The topological polar surface area (TPSA) is 87.0 Å². The Hall–Kier alpha value is -3.56. The fourth-order valence-corrected chi connectivity index (χ4v) is 5.27. The molecule has 0 bridgehead atoms. The molecular formula is C24H20N2O5S2. The van der Waals surface area contributed by atoms with E-state index < -0.39 is 18.0 Å². The maximum Gasteiger partial charge on any atom is 0.338 e. The zero-order chi connectivity index (χ0) is 23.5. The van der Waals surface area contributed by atoms with Crippen molar-refractivity contribution in [2.75, 3.05) is 6.61 Å². The summed E-state index contributed by atoms with van der Waals surface area (Å²) in [4.78, 5) is 43.7. The van der Waals surface area contributed by atoms with Gasteiger partial charge in [0.15, 0.2) is 4.80 Å². The zero-order valence-corrected chi connectivity index (χ0v) is 19.6. The van der Waals surface area contributed by atoms with Crippen molar-refractivity contribution in [2.24, 2.45) is 4.99 Å². The molecule has 9 heteroatoms. The highest BCUT2D eigenvalue weighted by Gasteiger charge is 2.33. The molecule has 1 aromatic carbocycles. The SMILES string of the molecule is C=CCOC(=O)C1=C(C)N=c2sc(=Cc3cccs3)c(=O)n2C1c1ccc(OC(C)=O)cc1. The number of carbonyl (C=O) groups is 2. The van der Waals surface area contributed by atoms with Gasteiger partial charge in [-0.1, -0.05) is 42.2 Å². The average Bonchev–Trinajstić information content (AvgIpc) is 3.39. The van der Waals surface area contributed by atoms with E-state index in [1.807, 2.05) is 23.6 Å². The van der Waals surface area contributed by atoms with E-state index in [4.69, 9.17) is 9.47 Å². The summed E-state index contributed by atoms with van der Waals surface area (Å²) in [5, 5.41) is 1.94. The maximum absolute atomic E-state index is 13.5. The molecule has 0 fully saturated rings. The molecule has 0 radical (unpaired) electrons. The molecule has 0 spiro atoms. The van der Waals surface area contributed by atoms with E-state index in [-0.39, 0.29) is 17.7 Å². The molecular weight excluding hydrogens is 460 g/mol. The van der Waals surface area contributed by atoms with Crippen molar-refractivity contribution in [1.82, 2.24) is 4.57 Å². The monoisotopic (exact) mass is 480 g/mol. The summed E-state index contributed by atoms with van der Waals surface area (Å²) >= 11 is 2.80. The summed E-state index contributed by atoms with van der Waals surface area (Å²) in [6, 6.07) is 9.80. The predicted molar refractivity (Wildman–Crippen MR) is 127 cm³/mol. The number of thiazole rings is 1. The van der Waals surface area contributed by atoms with Crippen LogP contribution in [0.15, 0.2) is 75.5 Å². The predicted octanol–water partition coefficient (Wildman–Crippen LogP) is 2.95. The van der Waals surface area contributed by atoms with Crippen molar-refractivity contribution in [1.29, 1.82) is 0 Å². The number of rotatable bonds is 6. The van der Waals surface area contributed by atoms with Gasteiger partial charge in [-0.15, -0.1) is 11.3 Å². The molecule has 0 N–H and O–H groups in total. The highest BCUT2D eigenvalue weighted by atomic mass is 32.1. The Labute approximate surface area is 197 Å². The number of esters is 2. The molecule has 0 saturated carbocycles. The molecule has 7 nitrogen and oxygen atoms in total. The lowest BCUT2D eigenvalue weighted by Gasteiger charge is -2.24. The highest BCUT2D eigenvalue weighted by molar-refractivity contribution is 7.11. The Bertz CT molecular complexity index is 1430. The standard InChI is InChI=1S/C24H20N2O5S2/c1-4-11-30-23(29)20-14(2)25-24-26(22(28)19(33-24)13-18-6-5-12-32-18)21(20)16-7-9-17(10-8-16)31-15(3)27/h4-10,12-13,21H,1,11H2,2-3H3. The van der Waals surface area contributed by atoms with Gasteiger partial charge in [-0.2, -0.15) is 0 Å². The minimum absolute atomic E-state index is 0.0382. The van der Waals surface area contributed by atoms with Crippen molar-refractivity contribution in [3.8, 4) is 5.75 Å². The first-order valence-electron chi connectivity index (χ1n) is 10.0. The van der Waals surface area contributed by atoms with E-state index in [0.29, 0.717) is 26.3 Å². The lowest BCUT2D eigenvalue weighted by Crippen LogP contribution is -2.39. The van der Waals surface area contributed by atoms with Crippen LogP contribution < -0.4 is 19.6 Å². The summed E-state index contributed by atoms with van der Waals surface area (Å²) in [6.45, 7) is 6.66. The molecule has 2 aromatic heterocycles. The first kappa shape index (κ1) is 22.6. The third-order valence-electron chi connectivity index (χ3n) is 4.85. The van der Waals surface area contributed by atoms with Crippen molar-refractivity contribution in [3.63, 3.8) is 0 Å². The molecule has 3 heterocycles. The number of allylic oxidation sites excluding steroid dienone is 1. The molecule has 168 valence electrons. The van der Waals surface area contributed by atoms with Gasteiger partial charge in [-0.25, -0.2) is 9.79 Å². The van der Waals surface area contributed by atoms with Gasteiger partial charge in [0, 0.05) is 11.8 Å². The molecule has 0 amide bonds. The molecule has 3 aromatic rings. The van der Waals surface area contributed by atoms with Crippen LogP contribution in [0.3, 0.4) is 0 Å². The highest BCUT2D eigenvalue weighted by Crippen LogP contribution is 2.31. The third-order valence-corrected chi connectivity index (χ3v) is 6.65. The Kier molecular flexibility index (Phi) is 6.52. The van der Waals surface area contributed by atoms with Crippen molar-refractivity contribution < 1.29 is 19.1 Å². The van der Waals surface area contributed by atoms with Gasteiger partial charge in [-0.3, -0.25) is 14.2 Å². The van der Waals surface area contributed by atoms with Crippen LogP contribution in [0.5, 0.6) is 5.75 Å². The van der Waals surface area contributed by atoms with Gasteiger partial charge in [0.25, 0.3) is 5.56 Å². The van der Waals surface area contributed by atoms with Crippen LogP contribution in [0.4, 0.5) is 0 Å². The average molecular weight is 481 g/mol. The molecule has 0 aliphatic carbocycles. The maximum atomic E-state index is 13.5. The smallest absolute Gasteiger partial charge is 0.338 e. The lowest BCUT2D eigenvalue weighted by atomic mass is 9.96. The van der Waals surface area contributed by atoms with Crippen LogP contribution in [-0.2, 0) is 14.3 Å². The second kappa shape index (κ2) is 9.51. The van der Waals surface area contributed by atoms with E-state index in [0.717, 1.165) is 4.88 Å². The van der Waals surface area contributed by atoms with Crippen LogP contribution in [0.25, 0.3) is 6.08 Å². The van der Waals surface area contributed by atoms with Crippen LogP contribution in [-0.4, -0.2) is 23.1 Å². The normalized spacial score (nSPS) is 15.6. The van der Waals surface area contributed by atoms with Gasteiger partial charge < -0.3 is 9.47 Å². The Balaban J connectivity index is 1.89. The number of fused-ring (bicyclic) bond motifs is 1. The summed E-state index contributed by atoms with van der Waals surface area (Å²) in [6.07, 6.45) is 3.30. The van der Waals surface area contributed by atoms with Crippen LogP contribution in [0.2, 0.25) is 0 Å². The molecule has 1 aliphatic rings. The van der Waals surface area contributed by atoms with Crippen LogP contribution in [0, 0.1) is 0 Å². The molecule has 0 saturated heterocycles. The van der Waals surface area contributed by atoms with Gasteiger partial charge in [0.1, 0.15) is 12.4 Å². The minimum atomic E-state index is -0.740. The minimum Gasteiger partial charge on any atom is -0.458 e. The Morgan fingerprint density at radius 3 is 2.64 bits per heavy atom. The number of hydrogen-bond acceptors (Lipinski definition) is 8. The first-order chi connectivity index (χ1) is 15.9. The quantitative estimate of drug-likeness (QED) is 0.308. The van der Waals surface area contributed by atoms with E-state index in [2.05, 4.69) is 11.6 Å². The van der Waals surface area contributed by atoms with E-state index in [1.165, 1.54) is 40.2 Å². The van der Waals surface area contributed by atoms with Crippen LogP contribution >= 0.6 is 22.7 Å².